The molecule has 1 atom stereocenters. The van der Waals surface area contributed by atoms with Gasteiger partial charge in [0.15, 0.2) is 18.2 Å². The van der Waals surface area contributed by atoms with Crippen LogP contribution >= 0.6 is 0 Å². The van der Waals surface area contributed by atoms with Crippen LogP contribution in [0, 0.1) is 5.82 Å². The SMILES string of the molecule is CCOC(=O)COc1ccc(C(C)N)cc1F. The highest BCUT2D eigenvalue weighted by Gasteiger charge is 2.09. The van der Waals surface area contributed by atoms with Crippen LogP contribution in [-0.4, -0.2) is 19.2 Å². The van der Waals surface area contributed by atoms with Crippen molar-refractivity contribution in [2.45, 2.75) is 19.9 Å². The van der Waals surface area contributed by atoms with Crippen LogP contribution in [-0.2, 0) is 9.53 Å². The number of rotatable bonds is 5. The van der Waals surface area contributed by atoms with Crippen molar-refractivity contribution < 1.29 is 18.7 Å². The molecule has 1 aromatic rings. The summed E-state index contributed by atoms with van der Waals surface area (Å²) in [7, 11) is 0. The Morgan fingerprint density at radius 2 is 2.24 bits per heavy atom. The van der Waals surface area contributed by atoms with Crippen LogP contribution in [0.25, 0.3) is 0 Å². The summed E-state index contributed by atoms with van der Waals surface area (Å²) >= 11 is 0. The van der Waals surface area contributed by atoms with Crippen LogP contribution in [0.5, 0.6) is 5.75 Å². The zero-order chi connectivity index (χ0) is 12.8. The van der Waals surface area contributed by atoms with Crippen molar-refractivity contribution in [1.82, 2.24) is 0 Å². The molecule has 0 bridgehead atoms. The predicted molar refractivity (Wildman–Crippen MR) is 61.1 cm³/mol. The van der Waals surface area contributed by atoms with Crippen molar-refractivity contribution in [1.29, 1.82) is 0 Å². The molecule has 1 unspecified atom stereocenters. The van der Waals surface area contributed by atoms with E-state index in [1.54, 1.807) is 19.9 Å². The molecule has 0 spiro atoms. The Morgan fingerprint density at radius 1 is 1.53 bits per heavy atom. The van der Waals surface area contributed by atoms with Crippen molar-refractivity contribution in [3.8, 4) is 5.75 Å². The topological polar surface area (TPSA) is 61.5 Å². The van der Waals surface area contributed by atoms with Gasteiger partial charge >= 0.3 is 5.97 Å². The van der Waals surface area contributed by atoms with E-state index in [2.05, 4.69) is 4.74 Å². The average molecular weight is 241 g/mol. The maximum atomic E-state index is 13.5. The van der Waals surface area contributed by atoms with E-state index in [1.165, 1.54) is 12.1 Å². The predicted octanol–water partition coefficient (Wildman–Crippen LogP) is 1.79. The molecule has 0 aromatic heterocycles. The first-order chi connectivity index (χ1) is 8.04. The Morgan fingerprint density at radius 3 is 2.76 bits per heavy atom. The van der Waals surface area contributed by atoms with E-state index in [0.717, 1.165) is 0 Å². The van der Waals surface area contributed by atoms with E-state index >= 15 is 0 Å². The summed E-state index contributed by atoms with van der Waals surface area (Å²) in [6.45, 7) is 3.42. The number of hydrogen-bond acceptors (Lipinski definition) is 4. The monoisotopic (exact) mass is 241 g/mol. The van der Waals surface area contributed by atoms with E-state index in [9.17, 15) is 9.18 Å². The van der Waals surface area contributed by atoms with Crippen LogP contribution in [0.3, 0.4) is 0 Å². The number of carbonyl (C=O) groups excluding carboxylic acids is 1. The normalized spacial score (nSPS) is 12.0. The fourth-order valence-electron chi connectivity index (χ4n) is 1.26. The smallest absolute Gasteiger partial charge is 0.344 e. The summed E-state index contributed by atoms with van der Waals surface area (Å²) in [5.41, 5.74) is 6.29. The van der Waals surface area contributed by atoms with Crippen LogP contribution in [0.15, 0.2) is 18.2 Å². The highest BCUT2D eigenvalue weighted by Crippen LogP contribution is 2.21. The van der Waals surface area contributed by atoms with Crippen molar-refractivity contribution in [2.24, 2.45) is 5.73 Å². The number of nitrogens with two attached hydrogens (primary N) is 1. The number of carbonyl (C=O) groups is 1. The molecule has 0 saturated heterocycles. The molecule has 0 radical (unpaired) electrons. The highest BCUT2D eigenvalue weighted by molar-refractivity contribution is 5.71. The van der Waals surface area contributed by atoms with Crippen LogP contribution in [0.2, 0.25) is 0 Å². The molecule has 0 aliphatic heterocycles. The number of ether oxygens (including phenoxy) is 2. The lowest BCUT2D eigenvalue weighted by Crippen LogP contribution is -2.15. The molecule has 0 heterocycles. The second-order valence-electron chi connectivity index (χ2n) is 3.57. The Bertz CT molecular complexity index is 393. The van der Waals surface area contributed by atoms with Gasteiger partial charge in [-0.15, -0.1) is 0 Å². The van der Waals surface area contributed by atoms with Crippen molar-refractivity contribution in [2.75, 3.05) is 13.2 Å². The van der Waals surface area contributed by atoms with Gasteiger partial charge in [-0.3, -0.25) is 0 Å². The first kappa shape index (κ1) is 13.4. The van der Waals surface area contributed by atoms with Gasteiger partial charge < -0.3 is 15.2 Å². The minimum atomic E-state index is -0.538. The molecule has 94 valence electrons. The summed E-state index contributed by atoms with van der Waals surface area (Å²) in [5, 5.41) is 0. The van der Waals surface area contributed by atoms with E-state index in [1.807, 2.05) is 0 Å². The molecular formula is C12H16FNO3. The Kier molecular flexibility index (Phi) is 4.90. The molecule has 4 nitrogen and oxygen atoms in total. The Hall–Kier alpha value is -1.62. The van der Waals surface area contributed by atoms with E-state index in [0.29, 0.717) is 5.56 Å². The third-order valence-corrected chi connectivity index (χ3v) is 2.13. The number of hydrogen-bond donors (Lipinski definition) is 1. The largest absolute Gasteiger partial charge is 0.479 e. The zero-order valence-corrected chi connectivity index (χ0v) is 9.90. The van der Waals surface area contributed by atoms with Gasteiger partial charge in [-0.1, -0.05) is 6.07 Å². The summed E-state index contributed by atoms with van der Waals surface area (Å²) < 4.78 is 23.2. The van der Waals surface area contributed by atoms with Gasteiger partial charge in [0.1, 0.15) is 0 Å². The fourth-order valence-corrected chi connectivity index (χ4v) is 1.26. The maximum Gasteiger partial charge on any atom is 0.344 e. The van der Waals surface area contributed by atoms with E-state index < -0.39 is 11.8 Å². The molecule has 17 heavy (non-hydrogen) atoms. The van der Waals surface area contributed by atoms with Crippen molar-refractivity contribution >= 4 is 5.97 Å². The zero-order valence-electron chi connectivity index (χ0n) is 9.90. The first-order valence-corrected chi connectivity index (χ1v) is 5.38. The summed E-state index contributed by atoms with van der Waals surface area (Å²) in [5.74, 6) is -1.05. The summed E-state index contributed by atoms with van der Waals surface area (Å²) in [6.07, 6.45) is 0. The molecule has 1 aromatic carbocycles. The second-order valence-corrected chi connectivity index (χ2v) is 3.57. The van der Waals surface area contributed by atoms with Crippen LogP contribution < -0.4 is 10.5 Å². The minimum Gasteiger partial charge on any atom is -0.479 e. The van der Waals surface area contributed by atoms with Gasteiger partial charge in [0.25, 0.3) is 0 Å². The second kappa shape index (κ2) is 6.20. The Labute approximate surface area is 99.5 Å². The molecule has 2 N–H and O–H groups in total. The van der Waals surface area contributed by atoms with Crippen LogP contribution in [0.1, 0.15) is 25.5 Å². The number of halogens is 1. The van der Waals surface area contributed by atoms with Gasteiger partial charge in [0.05, 0.1) is 6.61 Å². The van der Waals surface area contributed by atoms with Gasteiger partial charge in [0, 0.05) is 6.04 Å². The molecular weight excluding hydrogens is 225 g/mol. The quantitative estimate of drug-likeness (QED) is 0.798. The summed E-state index contributed by atoms with van der Waals surface area (Å²) in [6, 6.07) is 4.16. The van der Waals surface area contributed by atoms with E-state index in [4.69, 9.17) is 10.5 Å². The lowest BCUT2D eigenvalue weighted by atomic mass is 10.1. The standard InChI is InChI=1S/C12H16FNO3/c1-3-16-12(15)7-17-11-5-4-9(8(2)14)6-10(11)13/h4-6,8H,3,7,14H2,1-2H3. The molecule has 1 rings (SSSR count). The lowest BCUT2D eigenvalue weighted by Gasteiger charge is -2.09. The third-order valence-electron chi connectivity index (χ3n) is 2.13. The third kappa shape index (κ3) is 4.03. The summed E-state index contributed by atoms with van der Waals surface area (Å²) in [4.78, 5) is 11.0. The molecule has 0 aliphatic rings. The van der Waals surface area contributed by atoms with Crippen molar-refractivity contribution in [3.63, 3.8) is 0 Å². The Balaban J connectivity index is 2.63. The number of esters is 1. The van der Waals surface area contributed by atoms with Gasteiger partial charge in [-0.05, 0) is 31.5 Å². The molecule has 0 fully saturated rings. The maximum absolute atomic E-state index is 13.5. The van der Waals surface area contributed by atoms with Crippen LogP contribution in [0.4, 0.5) is 4.39 Å². The molecule has 5 heteroatoms. The fraction of sp³-hybridized carbons (Fsp3) is 0.417. The average Bonchev–Trinajstić information content (AvgIpc) is 2.27. The molecule has 0 amide bonds. The number of benzene rings is 1. The van der Waals surface area contributed by atoms with E-state index in [-0.39, 0.29) is 25.0 Å². The van der Waals surface area contributed by atoms with Gasteiger partial charge in [-0.25, -0.2) is 9.18 Å². The van der Waals surface area contributed by atoms with Crippen molar-refractivity contribution in [3.05, 3.63) is 29.6 Å². The minimum absolute atomic E-state index is 0.0162. The highest BCUT2D eigenvalue weighted by atomic mass is 19.1. The molecule has 0 aliphatic carbocycles. The van der Waals surface area contributed by atoms with Gasteiger partial charge in [0.2, 0.25) is 0 Å². The molecule has 0 saturated carbocycles. The van der Waals surface area contributed by atoms with Gasteiger partial charge in [-0.2, -0.15) is 0 Å². The first-order valence-electron chi connectivity index (χ1n) is 5.38. The lowest BCUT2D eigenvalue weighted by molar-refractivity contribution is -0.145.